The number of carbonyl (C=O) groups excluding carboxylic acids is 1. The van der Waals surface area contributed by atoms with Gasteiger partial charge in [0, 0.05) is 18.9 Å². The fourth-order valence-corrected chi connectivity index (χ4v) is 2.74. The molecule has 1 N–H and O–H groups in total. The van der Waals surface area contributed by atoms with Crippen molar-refractivity contribution < 1.29 is 9.53 Å². The number of hydrogen-bond acceptors (Lipinski definition) is 4. The summed E-state index contributed by atoms with van der Waals surface area (Å²) in [5, 5.41) is 2.98. The normalized spacial score (nSPS) is 20.0. The van der Waals surface area contributed by atoms with E-state index >= 15 is 0 Å². The van der Waals surface area contributed by atoms with Crippen LogP contribution >= 0.6 is 15.9 Å². The van der Waals surface area contributed by atoms with E-state index in [-0.39, 0.29) is 18.1 Å². The third-order valence-corrected chi connectivity index (χ3v) is 4.01. The largest absolute Gasteiger partial charge is 0.377 e. The van der Waals surface area contributed by atoms with Gasteiger partial charge in [0.15, 0.2) is 0 Å². The van der Waals surface area contributed by atoms with Gasteiger partial charge in [-0.2, -0.15) is 0 Å². The van der Waals surface area contributed by atoms with Crippen molar-refractivity contribution >= 4 is 22.0 Å². The predicted octanol–water partition coefficient (Wildman–Crippen LogP) is 2.76. The molecule has 1 fully saturated rings. The van der Waals surface area contributed by atoms with Crippen LogP contribution in [0.3, 0.4) is 0 Å². The quantitative estimate of drug-likeness (QED) is 0.884. The lowest BCUT2D eigenvalue weighted by atomic mass is 10.0. The fraction of sp³-hybridized carbons (Fsp3) is 0.667. The summed E-state index contributed by atoms with van der Waals surface area (Å²) in [6.45, 7) is 8.02. The Morgan fingerprint density at radius 3 is 2.77 bits per heavy atom. The smallest absolute Gasteiger partial charge is 0.318 e. The fourth-order valence-electron chi connectivity index (χ4n) is 2.54. The topological polar surface area (TPSA) is 67.3 Å². The Morgan fingerprint density at radius 2 is 2.14 bits per heavy atom. The van der Waals surface area contributed by atoms with E-state index in [4.69, 9.17) is 4.74 Å². The van der Waals surface area contributed by atoms with Crippen LogP contribution in [-0.4, -0.2) is 46.7 Å². The molecule has 1 aromatic rings. The van der Waals surface area contributed by atoms with E-state index in [1.807, 2.05) is 11.8 Å². The third kappa shape index (κ3) is 4.64. The lowest BCUT2D eigenvalue weighted by Crippen LogP contribution is -2.53. The first kappa shape index (κ1) is 17.1. The molecule has 2 atom stereocenters. The van der Waals surface area contributed by atoms with Crippen LogP contribution in [0.1, 0.15) is 39.1 Å². The van der Waals surface area contributed by atoms with Crippen LogP contribution in [0, 0.1) is 5.92 Å². The van der Waals surface area contributed by atoms with Crippen LogP contribution in [-0.2, 0) is 4.74 Å². The molecule has 2 amide bonds. The van der Waals surface area contributed by atoms with Gasteiger partial charge in [-0.1, -0.05) is 13.8 Å². The number of ether oxygens (including phenoxy) is 1. The average molecular weight is 371 g/mol. The molecule has 0 saturated carbocycles. The summed E-state index contributed by atoms with van der Waals surface area (Å²) in [5.74, 6) is 1.12. The van der Waals surface area contributed by atoms with E-state index < -0.39 is 0 Å². The molecule has 1 saturated heterocycles. The first-order valence-corrected chi connectivity index (χ1v) is 8.39. The van der Waals surface area contributed by atoms with Crippen molar-refractivity contribution in [2.24, 2.45) is 5.92 Å². The molecule has 0 aliphatic carbocycles. The minimum absolute atomic E-state index is 0.0760. The van der Waals surface area contributed by atoms with Gasteiger partial charge < -0.3 is 15.0 Å². The zero-order chi connectivity index (χ0) is 16.1. The Morgan fingerprint density at radius 1 is 1.45 bits per heavy atom. The first-order chi connectivity index (χ1) is 10.5. The summed E-state index contributed by atoms with van der Waals surface area (Å²) in [7, 11) is 0. The standard InChI is InChI=1S/C15H23BrN4O2/c1-10(2)6-13-9-22-5-4-20(13)15(21)19-11(3)14-17-7-12(16)8-18-14/h7-8,10-11,13H,4-6,9H2,1-3H3,(H,19,21)/t11?,13-/m0/s1. The first-order valence-electron chi connectivity index (χ1n) is 7.59. The lowest BCUT2D eigenvalue weighted by molar-refractivity contribution is 0.00504. The highest BCUT2D eigenvalue weighted by Crippen LogP contribution is 2.17. The number of nitrogens with zero attached hydrogens (tertiary/aromatic N) is 3. The minimum Gasteiger partial charge on any atom is -0.377 e. The van der Waals surface area contributed by atoms with Crippen molar-refractivity contribution in [3.8, 4) is 0 Å². The van der Waals surface area contributed by atoms with E-state index in [1.165, 1.54) is 0 Å². The molecule has 0 radical (unpaired) electrons. The number of hydrogen-bond donors (Lipinski definition) is 1. The zero-order valence-electron chi connectivity index (χ0n) is 13.3. The van der Waals surface area contributed by atoms with Crippen molar-refractivity contribution in [2.45, 2.75) is 39.3 Å². The Balaban J connectivity index is 1.98. The summed E-state index contributed by atoms with van der Waals surface area (Å²) in [5.41, 5.74) is 0. The van der Waals surface area contributed by atoms with E-state index in [9.17, 15) is 4.79 Å². The predicted molar refractivity (Wildman–Crippen MR) is 87.4 cm³/mol. The summed E-state index contributed by atoms with van der Waals surface area (Å²) < 4.78 is 6.33. The molecule has 6 nitrogen and oxygen atoms in total. The molecular weight excluding hydrogens is 348 g/mol. The molecule has 0 aromatic carbocycles. The maximum atomic E-state index is 12.5. The second-order valence-electron chi connectivity index (χ2n) is 5.98. The zero-order valence-corrected chi connectivity index (χ0v) is 14.8. The van der Waals surface area contributed by atoms with Crippen molar-refractivity contribution in [2.75, 3.05) is 19.8 Å². The van der Waals surface area contributed by atoms with Gasteiger partial charge in [0.2, 0.25) is 0 Å². The molecule has 122 valence electrons. The summed E-state index contributed by atoms with van der Waals surface area (Å²) in [6, 6.07) is -0.178. The average Bonchev–Trinajstić information content (AvgIpc) is 2.47. The molecular formula is C15H23BrN4O2. The molecule has 1 aliphatic rings. The molecule has 7 heteroatoms. The van der Waals surface area contributed by atoms with Gasteiger partial charge in [0.1, 0.15) is 5.82 Å². The Kier molecular flexibility index (Phi) is 6.14. The summed E-state index contributed by atoms with van der Waals surface area (Å²) >= 11 is 3.30. The van der Waals surface area contributed by atoms with Crippen molar-refractivity contribution in [1.82, 2.24) is 20.2 Å². The number of amides is 2. The van der Waals surface area contributed by atoms with Crippen molar-refractivity contribution in [1.29, 1.82) is 0 Å². The molecule has 2 rings (SSSR count). The second kappa shape index (κ2) is 7.87. The summed E-state index contributed by atoms with van der Waals surface area (Å²) in [4.78, 5) is 22.9. The van der Waals surface area contributed by atoms with Gasteiger partial charge in [0.25, 0.3) is 0 Å². The van der Waals surface area contributed by atoms with Gasteiger partial charge in [-0.25, -0.2) is 14.8 Å². The third-order valence-electron chi connectivity index (χ3n) is 3.60. The SMILES string of the molecule is CC(C)C[C@H]1COCCN1C(=O)NC(C)c1ncc(Br)cn1. The number of nitrogens with one attached hydrogen (secondary N) is 1. The van der Waals surface area contributed by atoms with E-state index in [2.05, 4.69) is 45.1 Å². The number of halogens is 1. The maximum Gasteiger partial charge on any atom is 0.318 e. The number of aromatic nitrogens is 2. The van der Waals surface area contributed by atoms with Crippen LogP contribution < -0.4 is 5.32 Å². The molecule has 0 spiro atoms. The minimum atomic E-state index is -0.233. The Bertz CT molecular complexity index is 495. The lowest BCUT2D eigenvalue weighted by Gasteiger charge is -2.37. The van der Waals surface area contributed by atoms with Gasteiger partial charge in [-0.3, -0.25) is 0 Å². The number of carbonyl (C=O) groups is 1. The van der Waals surface area contributed by atoms with Gasteiger partial charge in [-0.15, -0.1) is 0 Å². The van der Waals surface area contributed by atoms with Crippen molar-refractivity contribution in [3.05, 3.63) is 22.7 Å². The van der Waals surface area contributed by atoms with E-state index in [0.29, 0.717) is 31.5 Å². The highest BCUT2D eigenvalue weighted by Gasteiger charge is 2.28. The van der Waals surface area contributed by atoms with Crippen LogP contribution in [0.15, 0.2) is 16.9 Å². The molecule has 22 heavy (non-hydrogen) atoms. The molecule has 1 aliphatic heterocycles. The molecule has 0 bridgehead atoms. The highest BCUT2D eigenvalue weighted by atomic mass is 79.9. The molecule has 1 aromatic heterocycles. The Labute approximate surface area is 139 Å². The van der Waals surface area contributed by atoms with E-state index in [1.54, 1.807) is 12.4 Å². The van der Waals surface area contributed by atoms with Crippen LogP contribution in [0.5, 0.6) is 0 Å². The Hall–Kier alpha value is -1.21. The number of morpholine rings is 1. The summed E-state index contributed by atoms with van der Waals surface area (Å²) in [6.07, 6.45) is 4.30. The van der Waals surface area contributed by atoms with Gasteiger partial charge >= 0.3 is 6.03 Å². The van der Waals surface area contributed by atoms with E-state index in [0.717, 1.165) is 10.9 Å². The van der Waals surface area contributed by atoms with Crippen LogP contribution in [0.2, 0.25) is 0 Å². The maximum absolute atomic E-state index is 12.5. The number of rotatable bonds is 4. The molecule has 1 unspecified atom stereocenters. The van der Waals surface area contributed by atoms with Gasteiger partial charge in [0.05, 0.1) is 29.8 Å². The van der Waals surface area contributed by atoms with Gasteiger partial charge in [-0.05, 0) is 35.2 Å². The second-order valence-corrected chi connectivity index (χ2v) is 6.90. The molecule has 2 heterocycles. The van der Waals surface area contributed by atoms with Crippen LogP contribution in [0.25, 0.3) is 0 Å². The number of urea groups is 1. The van der Waals surface area contributed by atoms with Crippen molar-refractivity contribution in [3.63, 3.8) is 0 Å². The highest BCUT2D eigenvalue weighted by molar-refractivity contribution is 9.10. The monoisotopic (exact) mass is 370 g/mol. The van der Waals surface area contributed by atoms with Crippen LogP contribution in [0.4, 0.5) is 4.79 Å².